The molecular weight excluding hydrogens is 214 g/mol. The summed E-state index contributed by atoms with van der Waals surface area (Å²) in [4.78, 5) is 0. The normalized spacial score (nSPS) is 12.4. The van der Waals surface area contributed by atoms with E-state index in [-0.39, 0.29) is 0 Å². The third-order valence-corrected chi connectivity index (χ3v) is 2.98. The Labute approximate surface area is 104 Å². The van der Waals surface area contributed by atoms with Gasteiger partial charge in [0.25, 0.3) is 0 Å². The van der Waals surface area contributed by atoms with Crippen molar-refractivity contribution in [3.8, 4) is 5.88 Å². The second kappa shape index (κ2) is 8.01. The Morgan fingerprint density at radius 3 is 2.88 bits per heavy atom. The maximum atomic E-state index is 5.72. The van der Waals surface area contributed by atoms with E-state index in [2.05, 4.69) is 24.0 Å². The van der Waals surface area contributed by atoms with Crippen LogP contribution in [0.1, 0.15) is 45.1 Å². The molecule has 4 nitrogen and oxygen atoms in total. The van der Waals surface area contributed by atoms with E-state index < -0.39 is 0 Å². The van der Waals surface area contributed by atoms with Crippen LogP contribution in [-0.2, 0) is 6.54 Å². The van der Waals surface area contributed by atoms with Gasteiger partial charge in [0, 0.05) is 12.1 Å². The molecule has 2 N–H and O–H groups in total. The lowest BCUT2D eigenvalue weighted by Gasteiger charge is -2.15. The average molecular weight is 237 g/mol. The van der Waals surface area contributed by atoms with Gasteiger partial charge in [0.2, 0.25) is 5.88 Å². The molecule has 0 radical (unpaired) electrons. The van der Waals surface area contributed by atoms with Gasteiger partial charge in [-0.1, -0.05) is 33.1 Å². The molecule has 0 saturated carbocycles. The number of unbranched alkanes of at least 4 members (excludes halogenated alkanes) is 1. The predicted octanol–water partition coefficient (Wildman–Crippen LogP) is 2.53. The minimum absolute atomic E-state index is 0.441. The standard InChI is InChI=1S/C13H23N3O/c1-3-5-6-11(4-2)10-17-13-12(9-14)7-8-15-16-13/h7-8,11H,3-6,9-10,14H2,1-2H3. The molecular formula is C13H23N3O. The van der Waals surface area contributed by atoms with Crippen molar-refractivity contribution in [2.24, 2.45) is 11.7 Å². The largest absolute Gasteiger partial charge is 0.476 e. The molecule has 4 heteroatoms. The lowest BCUT2D eigenvalue weighted by atomic mass is 10.0. The van der Waals surface area contributed by atoms with Crippen LogP contribution in [0.25, 0.3) is 0 Å². The first-order valence-corrected chi connectivity index (χ1v) is 6.45. The summed E-state index contributed by atoms with van der Waals surface area (Å²) in [5, 5.41) is 7.81. The Kier molecular flexibility index (Phi) is 6.55. The van der Waals surface area contributed by atoms with E-state index >= 15 is 0 Å². The number of aromatic nitrogens is 2. The number of hydrogen-bond donors (Lipinski definition) is 1. The summed E-state index contributed by atoms with van der Waals surface area (Å²) < 4.78 is 5.72. The molecule has 1 unspecified atom stereocenters. The molecule has 0 aromatic carbocycles. The number of nitrogens with two attached hydrogens (primary N) is 1. The SMILES string of the molecule is CCCCC(CC)COc1nnccc1CN. The van der Waals surface area contributed by atoms with Gasteiger partial charge in [-0.05, 0) is 18.4 Å². The molecule has 96 valence electrons. The summed E-state index contributed by atoms with van der Waals surface area (Å²) in [6, 6.07) is 1.86. The molecule has 0 amide bonds. The van der Waals surface area contributed by atoms with Gasteiger partial charge in [-0.3, -0.25) is 0 Å². The van der Waals surface area contributed by atoms with Gasteiger partial charge >= 0.3 is 0 Å². The molecule has 0 saturated heterocycles. The molecule has 1 atom stereocenters. The fourth-order valence-electron chi connectivity index (χ4n) is 1.72. The van der Waals surface area contributed by atoms with Gasteiger partial charge in [0.1, 0.15) is 0 Å². The van der Waals surface area contributed by atoms with Crippen LogP contribution < -0.4 is 10.5 Å². The summed E-state index contributed by atoms with van der Waals surface area (Å²) in [7, 11) is 0. The van der Waals surface area contributed by atoms with Gasteiger partial charge in [-0.2, -0.15) is 5.10 Å². The summed E-state index contributed by atoms with van der Waals surface area (Å²) in [5.74, 6) is 1.19. The van der Waals surface area contributed by atoms with E-state index in [0.29, 0.717) is 24.9 Å². The number of nitrogens with zero attached hydrogens (tertiary/aromatic N) is 2. The highest BCUT2D eigenvalue weighted by atomic mass is 16.5. The molecule has 17 heavy (non-hydrogen) atoms. The third kappa shape index (κ3) is 4.69. The molecule has 1 aromatic heterocycles. The van der Waals surface area contributed by atoms with Crippen LogP contribution in [-0.4, -0.2) is 16.8 Å². The number of rotatable bonds is 8. The van der Waals surface area contributed by atoms with Crippen molar-refractivity contribution >= 4 is 0 Å². The first kappa shape index (κ1) is 13.9. The van der Waals surface area contributed by atoms with E-state index in [4.69, 9.17) is 10.5 Å². The van der Waals surface area contributed by atoms with E-state index in [1.165, 1.54) is 19.3 Å². The van der Waals surface area contributed by atoms with E-state index in [9.17, 15) is 0 Å². The number of ether oxygens (including phenoxy) is 1. The second-order valence-corrected chi connectivity index (χ2v) is 4.29. The van der Waals surface area contributed by atoms with Crippen molar-refractivity contribution in [3.63, 3.8) is 0 Å². The van der Waals surface area contributed by atoms with Gasteiger partial charge < -0.3 is 10.5 Å². The van der Waals surface area contributed by atoms with Crippen LogP contribution in [0.3, 0.4) is 0 Å². The zero-order valence-electron chi connectivity index (χ0n) is 10.9. The first-order chi connectivity index (χ1) is 8.31. The van der Waals surface area contributed by atoms with Crippen LogP contribution in [0.2, 0.25) is 0 Å². The summed E-state index contributed by atoms with van der Waals surface area (Å²) >= 11 is 0. The van der Waals surface area contributed by atoms with Crippen molar-refractivity contribution in [2.45, 2.75) is 46.1 Å². The second-order valence-electron chi connectivity index (χ2n) is 4.29. The Morgan fingerprint density at radius 1 is 1.41 bits per heavy atom. The Balaban J connectivity index is 2.47. The summed E-state index contributed by atoms with van der Waals surface area (Å²) in [5.41, 5.74) is 6.54. The molecule has 0 aliphatic carbocycles. The molecule has 1 aromatic rings. The quantitative estimate of drug-likeness (QED) is 0.754. The van der Waals surface area contributed by atoms with Gasteiger partial charge in [-0.15, -0.1) is 5.10 Å². The molecule has 1 rings (SSSR count). The van der Waals surface area contributed by atoms with Crippen molar-refractivity contribution in [1.82, 2.24) is 10.2 Å². The van der Waals surface area contributed by atoms with Crippen LogP contribution in [0, 0.1) is 5.92 Å². The van der Waals surface area contributed by atoms with Crippen molar-refractivity contribution in [2.75, 3.05) is 6.61 Å². The smallest absolute Gasteiger partial charge is 0.237 e. The lowest BCUT2D eigenvalue weighted by Crippen LogP contribution is -2.14. The van der Waals surface area contributed by atoms with Crippen molar-refractivity contribution < 1.29 is 4.74 Å². The molecule has 0 bridgehead atoms. The molecule has 0 aliphatic rings. The highest BCUT2D eigenvalue weighted by Crippen LogP contribution is 2.17. The maximum absolute atomic E-state index is 5.72. The molecule has 0 spiro atoms. The Bertz CT molecular complexity index is 317. The van der Waals surface area contributed by atoms with Crippen LogP contribution in [0.5, 0.6) is 5.88 Å². The average Bonchev–Trinajstić information content (AvgIpc) is 2.39. The fraction of sp³-hybridized carbons (Fsp3) is 0.692. The van der Waals surface area contributed by atoms with Gasteiger partial charge in [0.15, 0.2) is 0 Å². The van der Waals surface area contributed by atoms with E-state index in [0.717, 1.165) is 12.0 Å². The maximum Gasteiger partial charge on any atom is 0.237 e. The third-order valence-electron chi connectivity index (χ3n) is 2.98. The van der Waals surface area contributed by atoms with E-state index in [1.807, 2.05) is 6.07 Å². The minimum atomic E-state index is 0.441. The zero-order chi connectivity index (χ0) is 12.5. The number of hydrogen-bond acceptors (Lipinski definition) is 4. The first-order valence-electron chi connectivity index (χ1n) is 6.45. The monoisotopic (exact) mass is 237 g/mol. The van der Waals surface area contributed by atoms with Crippen molar-refractivity contribution in [3.05, 3.63) is 17.8 Å². The molecule has 1 heterocycles. The highest BCUT2D eigenvalue weighted by molar-refractivity contribution is 5.22. The Morgan fingerprint density at radius 2 is 2.24 bits per heavy atom. The molecule has 0 aliphatic heterocycles. The predicted molar refractivity (Wildman–Crippen MR) is 68.7 cm³/mol. The zero-order valence-corrected chi connectivity index (χ0v) is 10.9. The van der Waals surface area contributed by atoms with Crippen LogP contribution in [0.4, 0.5) is 0 Å². The minimum Gasteiger partial charge on any atom is -0.476 e. The van der Waals surface area contributed by atoms with E-state index in [1.54, 1.807) is 6.20 Å². The molecule has 0 fully saturated rings. The Hall–Kier alpha value is -1.16. The summed E-state index contributed by atoms with van der Waals surface area (Å²) in [6.45, 7) is 5.56. The van der Waals surface area contributed by atoms with Crippen LogP contribution >= 0.6 is 0 Å². The van der Waals surface area contributed by atoms with Crippen LogP contribution in [0.15, 0.2) is 12.3 Å². The van der Waals surface area contributed by atoms with Gasteiger partial charge in [0.05, 0.1) is 12.8 Å². The summed E-state index contributed by atoms with van der Waals surface area (Å²) in [6.07, 6.45) is 6.48. The van der Waals surface area contributed by atoms with Crippen molar-refractivity contribution in [1.29, 1.82) is 0 Å². The van der Waals surface area contributed by atoms with Gasteiger partial charge in [-0.25, -0.2) is 0 Å². The fourth-order valence-corrected chi connectivity index (χ4v) is 1.72. The lowest BCUT2D eigenvalue weighted by molar-refractivity contribution is 0.222. The topological polar surface area (TPSA) is 61.0 Å². The highest BCUT2D eigenvalue weighted by Gasteiger charge is 2.09.